The number of halogens is 4. The zero-order valence-electron chi connectivity index (χ0n) is 18.5. The first-order valence-corrected chi connectivity index (χ1v) is 11.8. The first-order chi connectivity index (χ1) is 15.6. The highest BCUT2D eigenvalue weighted by Gasteiger charge is 2.32. The number of alkyl halides is 3. The Kier molecular flexibility index (Phi) is 8.28. The molecule has 0 amide bonds. The van der Waals surface area contributed by atoms with Gasteiger partial charge >= 0.3 is 6.36 Å². The Hall–Kier alpha value is -2.26. The lowest BCUT2D eigenvalue weighted by atomic mass is 10.1. The second-order valence-electron chi connectivity index (χ2n) is 8.44. The van der Waals surface area contributed by atoms with Crippen LogP contribution >= 0.6 is 22.6 Å². The molecule has 6 nitrogen and oxygen atoms in total. The Morgan fingerprint density at radius 2 is 1.88 bits per heavy atom. The van der Waals surface area contributed by atoms with Gasteiger partial charge in [0.1, 0.15) is 17.4 Å². The number of aromatic nitrogens is 1. The van der Waals surface area contributed by atoms with Gasteiger partial charge in [0.05, 0.1) is 9.26 Å². The van der Waals surface area contributed by atoms with E-state index in [2.05, 4.69) is 29.6 Å². The second-order valence-corrected chi connectivity index (χ2v) is 9.61. The minimum absolute atomic E-state index is 0.171. The van der Waals surface area contributed by atoms with Crippen LogP contribution in [0.25, 0.3) is 0 Å². The van der Waals surface area contributed by atoms with Crippen molar-refractivity contribution in [3.05, 3.63) is 55.5 Å². The summed E-state index contributed by atoms with van der Waals surface area (Å²) in [4.78, 5) is 17.0. The van der Waals surface area contributed by atoms with E-state index in [1.54, 1.807) is 22.9 Å². The summed E-state index contributed by atoms with van der Waals surface area (Å²) in [7, 11) is 0. The molecule has 0 aliphatic carbocycles. The summed E-state index contributed by atoms with van der Waals surface area (Å²) in [6, 6.07) is 8.61. The Balaban J connectivity index is 1.63. The zero-order chi connectivity index (χ0) is 24.2. The molecule has 0 bridgehead atoms. The SMILES string of the molecule is CC(C)CCn1ccc(N2CCN(Cc3ccc(OC(F)(F)F)c(I)c3)CC2)c(C#N)c1=O. The van der Waals surface area contributed by atoms with Crippen LogP contribution in [0, 0.1) is 20.8 Å². The summed E-state index contributed by atoms with van der Waals surface area (Å²) < 4.78 is 43.4. The van der Waals surface area contributed by atoms with Crippen molar-refractivity contribution < 1.29 is 17.9 Å². The summed E-state index contributed by atoms with van der Waals surface area (Å²) in [5.41, 5.74) is 1.47. The van der Waals surface area contributed by atoms with Crippen LogP contribution in [-0.2, 0) is 13.1 Å². The highest BCUT2D eigenvalue weighted by atomic mass is 127. The number of anilines is 1. The van der Waals surface area contributed by atoms with E-state index in [4.69, 9.17) is 0 Å². The lowest BCUT2D eigenvalue weighted by Crippen LogP contribution is -2.46. The lowest BCUT2D eigenvalue weighted by Gasteiger charge is -2.36. The molecule has 1 saturated heterocycles. The Bertz CT molecular complexity index is 1070. The molecule has 1 aromatic carbocycles. The fourth-order valence-electron chi connectivity index (χ4n) is 3.76. The van der Waals surface area contributed by atoms with Gasteiger partial charge in [0.2, 0.25) is 0 Å². The first kappa shape index (κ1) is 25.4. The first-order valence-electron chi connectivity index (χ1n) is 10.7. The fourth-order valence-corrected chi connectivity index (χ4v) is 4.45. The van der Waals surface area contributed by atoms with E-state index in [0.717, 1.165) is 12.0 Å². The van der Waals surface area contributed by atoms with Gasteiger partial charge < -0.3 is 14.2 Å². The molecule has 0 unspecified atom stereocenters. The number of pyridine rings is 1. The monoisotopic (exact) mass is 574 g/mol. The van der Waals surface area contributed by atoms with Crippen LogP contribution in [-0.4, -0.2) is 42.0 Å². The molecular formula is C23H26F3IN4O2. The highest BCUT2D eigenvalue weighted by Crippen LogP contribution is 2.29. The molecular weight excluding hydrogens is 548 g/mol. The molecule has 1 aliphatic heterocycles. The fraction of sp³-hybridized carbons (Fsp3) is 0.478. The Labute approximate surface area is 204 Å². The van der Waals surface area contributed by atoms with Crippen LogP contribution in [0.4, 0.5) is 18.9 Å². The van der Waals surface area contributed by atoms with Crippen LogP contribution in [0.1, 0.15) is 31.4 Å². The van der Waals surface area contributed by atoms with Crippen molar-refractivity contribution in [3.63, 3.8) is 0 Å². The minimum atomic E-state index is -4.71. The van der Waals surface area contributed by atoms with Crippen molar-refractivity contribution in [1.29, 1.82) is 5.26 Å². The van der Waals surface area contributed by atoms with Gasteiger partial charge in [-0.3, -0.25) is 9.69 Å². The quantitative estimate of drug-likeness (QED) is 0.453. The molecule has 1 fully saturated rings. The molecule has 0 saturated carbocycles. The molecule has 0 radical (unpaired) electrons. The molecule has 1 aliphatic rings. The number of rotatable bonds is 7. The molecule has 178 valence electrons. The van der Waals surface area contributed by atoms with E-state index in [1.165, 1.54) is 6.07 Å². The molecule has 2 aromatic rings. The van der Waals surface area contributed by atoms with Crippen molar-refractivity contribution in [2.45, 2.75) is 39.7 Å². The van der Waals surface area contributed by atoms with Crippen molar-refractivity contribution in [3.8, 4) is 11.8 Å². The van der Waals surface area contributed by atoms with Crippen LogP contribution < -0.4 is 15.2 Å². The third-order valence-electron chi connectivity index (χ3n) is 5.54. The van der Waals surface area contributed by atoms with Gasteiger partial charge in [-0.15, -0.1) is 13.2 Å². The Morgan fingerprint density at radius 3 is 2.45 bits per heavy atom. The van der Waals surface area contributed by atoms with Gasteiger partial charge in [-0.05, 0) is 58.7 Å². The van der Waals surface area contributed by atoms with E-state index >= 15 is 0 Å². The van der Waals surface area contributed by atoms with E-state index < -0.39 is 6.36 Å². The third kappa shape index (κ3) is 6.86. The normalized spacial score (nSPS) is 15.0. The summed E-state index contributed by atoms with van der Waals surface area (Å²) >= 11 is 1.84. The molecule has 2 heterocycles. The topological polar surface area (TPSA) is 61.5 Å². The van der Waals surface area contributed by atoms with Gasteiger partial charge in [-0.2, -0.15) is 5.26 Å². The van der Waals surface area contributed by atoms with Crippen molar-refractivity contribution in [1.82, 2.24) is 9.47 Å². The molecule has 0 spiro atoms. The van der Waals surface area contributed by atoms with Crippen LogP contribution in [0.3, 0.4) is 0 Å². The number of hydrogen-bond acceptors (Lipinski definition) is 5. The largest absolute Gasteiger partial charge is 0.573 e. The summed E-state index contributed by atoms with van der Waals surface area (Å²) in [6.07, 6.45) is -2.08. The number of ether oxygens (including phenoxy) is 1. The van der Waals surface area contributed by atoms with E-state index in [9.17, 15) is 23.2 Å². The predicted octanol–water partition coefficient (Wildman–Crippen LogP) is 4.59. The highest BCUT2D eigenvalue weighted by molar-refractivity contribution is 14.1. The van der Waals surface area contributed by atoms with E-state index in [0.29, 0.717) is 54.4 Å². The van der Waals surface area contributed by atoms with Crippen molar-refractivity contribution >= 4 is 28.3 Å². The number of nitriles is 1. The van der Waals surface area contributed by atoms with Crippen LogP contribution in [0.15, 0.2) is 35.3 Å². The standard InChI is InChI=1S/C23H26F3IN4O2/c1-16(2)5-7-31-8-6-20(18(14-28)22(31)32)30-11-9-29(10-12-30)15-17-3-4-21(19(27)13-17)33-23(24,25)26/h3-4,6,8,13,16H,5,7,9-12,15H2,1-2H3. The van der Waals surface area contributed by atoms with Gasteiger partial charge in [0.15, 0.2) is 0 Å². The van der Waals surface area contributed by atoms with Gasteiger partial charge in [0.25, 0.3) is 5.56 Å². The van der Waals surface area contributed by atoms with Crippen LogP contribution in [0.5, 0.6) is 5.75 Å². The smallest absolute Gasteiger partial charge is 0.405 e. The minimum Gasteiger partial charge on any atom is -0.405 e. The number of nitrogens with zero attached hydrogens (tertiary/aromatic N) is 4. The molecule has 0 N–H and O–H groups in total. The number of benzene rings is 1. The van der Waals surface area contributed by atoms with E-state index in [1.807, 2.05) is 33.6 Å². The average molecular weight is 574 g/mol. The number of piperazine rings is 1. The predicted molar refractivity (Wildman–Crippen MR) is 128 cm³/mol. The maximum absolute atomic E-state index is 12.7. The molecule has 3 rings (SSSR count). The second kappa shape index (κ2) is 10.8. The number of aryl methyl sites for hydroxylation is 1. The van der Waals surface area contributed by atoms with Gasteiger partial charge in [-0.25, -0.2) is 0 Å². The third-order valence-corrected chi connectivity index (χ3v) is 6.39. The van der Waals surface area contributed by atoms with Gasteiger partial charge in [-0.1, -0.05) is 19.9 Å². The molecule has 1 aromatic heterocycles. The maximum atomic E-state index is 12.7. The lowest BCUT2D eigenvalue weighted by molar-refractivity contribution is -0.274. The average Bonchev–Trinajstić information content (AvgIpc) is 2.74. The molecule has 0 atom stereocenters. The summed E-state index contributed by atoms with van der Waals surface area (Å²) in [5.74, 6) is 0.260. The Morgan fingerprint density at radius 1 is 1.18 bits per heavy atom. The van der Waals surface area contributed by atoms with Crippen molar-refractivity contribution in [2.75, 3.05) is 31.1 Å². The zero-order valence-corrected chi connectivity index (χ0v) is 20.7. The maximum Gasteiger partial charge on any atom is 0.573 e. The molecule has 10 heteroatoms. The summed E-state index contributed by atoms with van der Waals surface area (Å²) in [6.45, 7) is 8.08. The summed E-state index contributed by atoms with van der Waals surface area (Å²) in [5, 5.41) is 9.62. The molecule has 33 heavy (non-hydrogen) atoms. The van der Waals surface area contributed by atoms with Crippen LogP contribution in [0.2, 0.25) is 0 Å². The number of hydrogen-bond donors (Lipinski definition) is 0. The van der Waals surface area contributed by atoms with Gasteiger partial charge in [0, 0.05) is 45.5 Å². The van der Waals surface area contributed by atoms with E-state index in [-0.39, 0.29) is 16.9 Å². The van der Waals surface area contributed by atoms with Crippen molar-refractivity contribution in [2.24, 2.45) is 5.92 Å².